The van der Waals surface area contributed by atoms with E-state index in [9.17, 15) is 13.2 Å². The van der Waals surface area contributed by atoms with Crippen molar-refractivity contribution in [1.82, 2.24) is 0 Å². The van der Waals surface area contributed by atoms with Crippen LogP contribution >= 0.6 is 0 Å². The maximum Gasteiger partial charge on any atom is 0.306 e. The van der Waals surface area contributed by atoms with Gasteiger partial charge >= 0.3 is 5.97 Å². The molecule has 0 saturated heterocycles. The van der Waals surface area contributed by atoms with E-state index >= 15 is 0 Å². The second-order valence-electron chi connectivity index (χ2n) is 3.61. The van der Waals surface area contributed by atoms with Crippen molar-refractivity contribution < 1.29 is 22.5 Å². The molecule has 14 heavy (non-hydrogen) atoms. The average molecular weight is 222 g/mol. The largest absolute Gasteiger partial charge is 0.481 e. The zero-order chi connectivity index (χ0) is 10.8. The first-order chi connectivity index (χ1) is 6.38. The van der Waals surface area contributed by atoms with E-state index in [2.05, 4.69) is 0 Å². The average Bonchev–Trinajstić information content (AvgIpc) is 2.02. The first-order valence-corrected chi connectivity index (χ1v) is 6.31. The van der Waals surface area contributed by atoms with Crippen molar-refractivity contribution in [2.45, 2.75) is 31.8 Å². The predicted octanol–water partition coefficient (Wildman–Crippen LogP) is 0.606. The molecule has 0 aromatic heterocycles. The Morgan fingerprint density at radius 3 is 2.14 bits per heavy atom. The van der Waals surface area contributed by atoms with E-state index in [4.69, 9.17) is 9.29 Å². The van der Waals surface area contributed by atoms with Crippen LogP contribution in [0.2, 0.25) is 0 Å². The van der Waals surface area contributed by atoms with Crippen LogP contribution in [0.3, 0.4) is 0 Å². The normalized spacial score (nSPS) is 28.6. The Labute approximate surface area is 83.2 Å². The summed E-state index contributed by atoms with van der Waals surface area (Å²) < 4.78 is 26.3. The minimum atomic E-state index is -3.41. The summed E-state index contributed by atoms with van der Waals surface area (Å²) in [7, 11) is -3.41. The van der Waals surface area contributed by atoms with Gasteiger partial charge in [0.15, 0.2) is 0 Å². The van der Waals surface area contributed by atoms with E-state index < -0.39 is 16.1 Å². The fourth-order valence-corrected chi connectivity index (χ4v) is 2.34. The zero-order valence-electron chi connectivity index (χ0n) is 7.97. The van der Waals surface area contributed by atoms with Crippen LogP contribution in [-0.2, 0) is 19.1 Å². The molecular formula is C8H14O5S. The SMILES string of the molecule is CS(=O)(=O)OC1CCC(C(=O)O)CC1. The molecule has 82 valence electrons. The Bertz CT molecular complexity index is 300. The summed E-state index contributed by atoms with van der Waals surface area (Å²) in [5.74, 6) is -1.14. The molecule has 0 aromatic carbocycles. The Morgan fingerprint density at radius 2 is 1.79 bits per heavy atom. The summed E-state index contributed by atoms with van der Waals surface area (Å²) in [5.41, 5.74) is 0. The second-order valence-corrected chi connectivity index (χ2v) is 5.21. The molecule has 0 aromatic rings. The molecule has 1 fully saturated rings. The molecule has 0 heterocycles. The zero-order valence-corrected chi connectivity index (χ0v) is 8.79. The molecule has 0 unspecified atom stereocenters. The van der Waals surface area contributed by atoms with Crippen LogP contribution in [0.15, 0.2) is 0 Å². The van der Waals surface area contributed by atoms with Crippen LogP contribution in [0.5, 0.6) is 0 Å². The summed E-state index contributed by atoms with van der Waals surface area (Å²) in [5, 5.41) is 8.70. The lowest BCUT2D eigenvalue weighted by Gasteiger charge is -2.24. The van der Waals surface area contributed by atoms with Crippen LogP contribution in [0, 0.1) is 5.92 Å². The molecule has 1 saturated carbocycles. The maximum absolute atomic E-state index is 10.8. The molecule has 0 amide bonds. The van der Waals surface area contributed by atoms with Gasteiger partial charge in [0.05, 0.1) is 18.3 Å². The lowest BCUT2D eigenvalue weighted by atomic mass is 9.88. The van der Waals surface area contributed by atoms with Crippen LogP contribution in [0.25, 0.3) is 0 Å². The summed E-state index contributed by atoms with van der Waals surface area (Å²) >= 11 is 0. The van der Waals surface area contributed by atoms with Gasteiger partial charge in [0.2, 0.25) is 0 Å². The van der Waals surface area contributed by atoms with Gasteiger partial charge in [0.1, 0.15) is 0 Å². The summed E-state index contributed by atoms with van der Waals surface area (Å²) in [6.45, 7) is 0. The molecule has 0 bridgehead atoms. The molecule has 0 radical (unpaired) electrons. The number of aliphatic carboxylic acids is 1. The van der Waals surface area contributed by atoms with E-state index in [-0.39, 0.29) is 12.0 Å². The van der Waals surface area contributed by atoms with Gasteiger partial charge in [-0.3, -0.25) is 8.98 Å². The highest BCUT2D eigenvalue weighted by atomic mass is 32.2. The van der Waals surface area contributed by atoms with Crippen LogP contribution < -0.4 is 0 Å². The standard InChI is InChI=1S/C8H14O5S/c1-14(11,12)13-7-4-2-6(3-5-7)8(9)10/h6-7H,2-5H2,1H3,(H,9,10). The highest BCUT2D eigenvalue weighted by molar-refractivity contribution is 7.86. The number of carboxylic acids is 1. The minimum Gasteiger partial charge on any atom is -0.481 e. The van der Waals surface area contributed by atoms with E-state index in [0.717, 1.165) is 6.26 Å². The Hall–Kier alpha value is -0.620. The molecule has 1 aliphatic carbocycles. The fraction of sp³-hybridized carbons (Fsp3) is 0.875. The summed E-state index contributed by atoms with van der Waals surface area (Å²) in [4.78, 5) is 10.6. The van der Waals surface area contributed by atoms with Crippen molar-refractivity contribution >= 4 is 16.1 Å². The molecule has 6 heteroatoms. The van der Waals surface area contributed by atoms with Gasteiger partial charge in [0.25, 0.3) is 10.1 Å². The third-order valence-corrected chi connectivity index (χ3v) is 2.96. The molecule has 1 rings (SSSR count). The first-order valence-electron chi connectivity index (χ1n) is 4.49. The second kappa shape index (κ2) is 4.27. The van der Waals surface area contributed by atoms with Crippen molar-refractivity contribution in [3.63, 3.8) is 0 Å². The highest BCUT2D eigenvalue weighted by Crippen LogP contribution is 2.26. The number of carboxylic acid groups (broad SMARTS) is 1. The molecule has 1 aliphatic rings. The van der Waals surface area contributed by atoms with E-state index in [0.29, 0.717) is 25.7 Å². The van der Waals surface area contributed by atoms with Gasteiger partial charge in [-0.2, -0.15) is 8.42 Å². The Morgan fingerprint density at radius 1 is 1.29 bits per heavy atom. The maximum atomic E-state index is 10.8. The predicted molar refractivity (Wildman–Crippen MR) is 49.3 cm³/mol. The third-order valence-electron chi connectivity index (χ3n) is 2.33. The van der Waals surface area contributed by atoms with Gasteiger partial charge in [-0.25, -0.2) is 0 Å². The van der Waals surface area contributed by atoms with Crippen molar-refractivity contribution in [2.24, 2.45) is 5.92 Å². The molecular weight excluding hydrogens is 208 g/mol. The van der Waals surface area contributed by atoms with Gasteiger partial charge in [-0.05, 0) is 25.7 Å². The number of carbonyl (C=O) groups is 1. The van der Waals surface area contributed by atoms with Gasteiger partial charge in [-0.1, -0.05) is 0 Å². The molecule has 0 aliphatic heterocycles. The van der Waals surface area contributed by atoms with Crippen molar-refractivity contribution in [2.75, 3.05) is 6.26 Å². The lowest BCUT2D eigenvalue weighted by Crippen LogP contribution is -2.27. The fourth-order valence-electron chi connectivity index (χ4n) is 1.65. The van der Waals surface area contributed by atoms with Crippen LogP contribution in [0.4, 0.5) is 0 Å². The smallest absolute Gasteiger partial charge is 0.306 e. The monoisotopic (exact) mass is 222 g/mol. The molecule has 5 nitrogen and oxygen atoms in total. The molecule has 0 atom stereocenters. The molecule has 0 spiro atoms. The first kappa shape index (κ1) is 11.5. The van der Waals surface area contributed by atoms with Crippen LogP contribution in [0.1, 0.15) is 25.7 Å². The number of rotatable bonds is 3. The topological polar surface area (TPSA) is 80.7 Å². The Kier molecular flexibility index (Phi) is 3.49. The van der Waals surface area contributed by atoms with Crippen molar-refractivity contribution in [3.8, 4) is 0 Å². The van der Waals surface area contributed by atoms with E-state index in [1.165, 1.54) is 0 Å². The summed E-state index contributed by atoms with van der Waals surface area (Å²) in [6, 6.07) is 0. The highest BCUT2D eigenvalue weighted by Gasteiger charge is 2.28. The molecule has 1 N–H and O–H groups in total. The van der Waals surface area contributed by atoms with Gasteiger partial charge in [0, 0.05) is 0 Å². The number of hydrogen-bond acceptors (Lipinski definition) is 4. The number of hydrogen-bond donors (Lipinski definition) is 1. The quantitative estimate of drug-likeness (QED) is 0.707. The van der Waals surface area contributed by atoms with E-state index in [1.807, 2.05) is 0 Å². The van der Waals surface area contributed by atoms with Crippen molar-refractivity contribution in [1.29, 1.82) is 0 Å². The summed E-state index contributed by atoms with van der Waals surface area (Å²) in [6.07, 6.45) is 2.68. The minimum absolute atomic E-state index is 0.333. The van der Waals surface area contributed by atoms with Crippen molar-refractivity contribution in [3.05, 3.63) is 0 Å². The lowest BCUT2D eigenvalue weighted by molar-refractivity contribution is -0.143. The third kappa shape index (κ3) is 3.63. The van der Waals surface area contributed by atoms with E-state index in [1.54, 1.807) is 0 Å². The van der Waals surface area contributed by atoms with Crippen LogP contribution in [-0.4, -0.2) is 31.9 Å². The Balaban J connectivity index is 2.40. The van der Waals surface area contributed by atoms with Gasteiger partial charge < -0.3 is 5.11 Å². The van der Waals surface area contributed by atoms with Gasteiger partial charge in [-0.15, -0.1) is 0 Å².